The highest BCUT2D eigenvalue weighted by molar-refractivity contribution is 7.15. The van der Waals surface area contributed by atoms with Crippen LogP contribution in [-0.4, -0.2) is 27.8 Å². The topological polar surface area (TPSA) is 101 Å². The Morgan fingerprint density at radius 1 is 1.17 bits per heavy atom. The molecule has 0 saturated heterocycles. The van der Waals surface area contributed by atoms with Crippen LogP contribution in [-0.2, 0) is 6.18 Å². The Morgan fingerprint density at radius 2 is 2.00 bits per heavy atom. The SMILES string of the molecule is CCOc1ccc(NC(=O)Nc2nnc(C(F)(F)F)s2)c(Nc2cccnc2)c1. The summed E-state index contributed by atoms with van der Waals surface area (Å²) < 4.78 is 43.3. The number of hydrogen-bond acceptors (Lipinski definition) is 7. The number of rotatable bonds is 6. The van der Waals surface area contributed by atoms with Gasteiger partial charge in [0, 0.05) is 12.3 Å². The molecule has 2 amide bonds. The number of aromatic nitrogens is 3. The van der Waals surface area contributed by atoms with Gasteiger partial charge in [0.15, 0.2) is 0 Å². The third-order valence-electron chi connectivity index (χ3n) is 3.38. The number of nitrogens with one attached hydrogen (secondary N) is 3. The highest BCUT2D eigenvalue weighted by Gasteiger charge is 2.35. The number of ether oxygens (including phenoxy) is 1. The number of urea groups is 1. The second kappa shape index (κ2) is 8.73. The zero-order valence-corrected chi connectivity index (χ0v) is 15.8. The van der Waals surface area contributed by atoms with Gasteiger partial charge in [-0.3, -0.25) is 10.3 Å². The van der Waals surface area contributed by atoms with E-state index in [0.29, 0.717) is 29.4 Å². The van der Waals surface area contributed by atoms with E-state index >= 15 is 0 Å². The number of halogens is 3. The molecule has 29 heavy (non-hydrogen) atoms. The summed E-state index contributed by atoms with van der Waals surface area (Å²) in [5, 5.41) is 12.8. The van der Waals surface area contributed by atoms with Gasteiger partial charge >= 0.3 is 12.2 Å². The summed E-state index contributed by atoms with van der Waals surface area (Å²) in [4.78, 5) is 16.2. The van der Waals surface area contributed by atoms with E-state index in [-0.39, 0.29) is 16.5 Å². The van der Waals surface area contributed by atoms with Crippen molar-refractivity contribution in [3.63, 3.8) is 0 Å². The molecule has 3 rings (SSSR count). The van der Waals surface area contributed by atoms with Crippen LogP contribution in [0.1, 0.15) is 11.9 Å². The first kappa shape index (κ1) is 20.3. The largest absolute Gasteiger partial charge is 0.494 e. The van der Waals surface area contributed by atoms with E-state index in [2.05, 4.69) is 31.1 Å². The summed E-state index contributed by atoms with van der Waals surface area (Å²) in [6, 6.07) is 7.68. The van der Waals surface area contributed by atoms with E-state index in [1.54, 1.807) is 42.7 Å². The molecule has 3 aromatic rings. The van der Waals surface area contributed by atoms with Crippen LogP contribution < -0.4 is 20.7 Å². The minimum absolute atomic E-state index is 0.232. The van der Waals surface area contributed by atoms with E-state index in [1.807, 2.05) is 6.92 Å². The van der Waals surface area contributed by atoms with Crippen LogP contribution in [0.3, 0.4) is 0 Å². The fraction of sp³-hybridized carbons (Fsp3) is 0.176. The van der Waals surface area contributed by atoms with Gasteiger partial charge in [0.2, 0.25) is 10.1 Å². The van der Waals surface area contributed by atoms with E-state index < -0.39 is 17.2 Å². The third kappa shape index (κ3) is 5.54. The summed E-state index contributed by atoms with van der Waals surface area (Å²) in [6.07, 6.45) is -1.41. The highest BCUT2D eigenvalue weighted by Crippen LogP contribution is 2.33. The number of alkyl halides is 3. The number of hydrogen-bond donors (Lipinski definition) is 3. The van der Waals surface area contributed by atoms with E-state index in [4.69, 9.17) is 4.74 Å². The normalized spacial score (nSPS) is 11.0. The number of nitrogens with zero attached hydrogens (tertiary/aromatic N) is 3. The molecule has 0 unspecified atom stereocenters. The molecule has 0 atom stereocenters. The van der Waals surface area contributed by atoms with Crippen molar-refractivity contribution in [2.24, 2.45) is 0 Å². The van der Waals surface area contributed by atoms with Gasteiger partial charge in [0.05, 0.1) is 29.9 Å². The second-order valence-electron chi connectivity index (χ2n) is 5.50. The van der Waals surface area contributed by atoms with Gasteiger partial charge < -0.3 is 15.4 Å². The predicted molar refractivity (Wildman–Crippen MR) is 103 cm³/mol. The van der Waals surface area contributed by atoms with Gasteiger partial charge in [-0.1, -0.05) is 11.3 Å². The van der Waals surface area contributed by atoms with Gasteiger partial charge in [-0.25, -0.2) is 4.79 Å². The Bertz CT molecular complexity index is 981. The molecule has 3 N–H and O–H groups in total. The van der Waals surface area contributed by atoms with Crippen molar-refractivity contribution >= 4 is 39.6 Å². The van der Waals surface area contributed by atoms with Crippen LogP contribution in [0, 0.1) is 0 Å². The first-order valence-corrected chi connectivity index (χ1v) is 9.09. The Kier molecular flexibility index (Phi) is 6.12. The second-order valence-corrected chi connectivity index (χ2v) is 6.47. The third-order valence-corrected chi connectivity index (χ3v) is 4.26. The van der Waals surface area contributed by atoms with Crippen molar-refractivity contribution in [1.29, 1.82) is 0 Å². The Balaban J connectivity index is 1.76. The molecule has 0 saturated carbocycles. The molecule has 0 aliphatic carbocycles. The first-order chi connectivity index (χ1) is 13.8. The number of amides is 2. The van der Waals surface area contributed by atoms with Gasteiger partial charge in [0.1, 0.15) is 5.75 Å². The van der Waals surface area contributed by atoms with Crippen molar-refractivity contribution in [3.05, 3.63) is 47.7 Å². The lowest BCUT2D eigenvalue weighted by atomic mass is 10.2. The van der Waals surface area contributed by atoms with Gasteiger partial charge in [-0.15, -0.1) is 10.2 Å². The monoisotopic (exact) mass is 424 g/mol. The van der Waals surface area contributed by atoms with Crippen LogP contribution in [0.5, 0.6) is 5.75 Å². The van der Waals surface area contributed by atoms with Gasteiger partial charge in [0.25, 0.3) is 0 Å². The Labute approximate surface area is 167 Å². The standard InChI is InChI=1S/C17H15F3N6O2S/c1-2-28-11-5-6-12(13(8-11)22-10-4-3-7-21-9-10)23-15(27)24-16-26-25-14(29-16)17(18,19)20/h3-9,22H,2H2,1H3,(H2,23,24,26,27). The Hall–Kier alpha value is -3.41. The predicted octanol–water partition coefficient (Wildman–Crippen LogP) is 4.74. The van der Waals surface area contributed by atoms with Crippen molar-refractivity contribution in [2.45, 2.75) is 13.1 Å². The number of pyridine rings is 1. The molecule has 0 radical (unpaired) electrons. The number of anilines is 4. The highest BCUT2D eigenvalue weighted by atomic mass is 32.1. The summed E-state index contributed by atoms with van der Waals surface area (Å²) >= 11 is 0.232. The van der Waals surface area contributed by atoms with Crippen molar-refractivity contribution in [1.82, 2.24) is 15.2 Å². The average molecular weight is 424 g/mol. The lowest BCUT2D eigenvalue weighted by Gasteiger charge is -2.15. The van der Waals surface area contributed by atoms with Crippen molar-refractivity contribution < 1.29 is 22.7 Å². The van der Waals surface area contributed by atoms with Crippen LogP contribution in [0.25, 0.3) is 0 Å². The first-order valence-electron chi connectivity index (χ1n) is 8.27. The lowest BCUT2D eigenvalue weighted by molar-refractivity contribution is -0.138. The minimum Gasteiger partial charge on any atom is -0.494 e. The molecule has 0 bridgehead atoms. The molecular formula is C17H15F3N6O2S. The fourth-order valence-corrected chi connectivity index (χ4v) is 2.83. The van der Waals surface area contributed by atoms with Gasteiger partial charge in [-0.2, -0.15) is 13.2 Å². The molecule has 0 spiro atoms. The van der Waals surface area contributed by atoms with Crippen LogP contribution in [0.2, 0.25) is 0 Å². The summed E-state index contributed by atoms with van der Waals surface area (Å²) in [5.41, 5.74) is 1.55. The quantitative estimate of drug-likeness (QED) is 0.529. The number of carbonyl (C=O) groups is 1. The smallest absolute Gasteiger partial charge is 0.445 e. The summed E-state index contributed by atoms with van der Waals surface area (Å²) in [5.74, 6) is 0.573. The van der Waals surface area contributed by atoms with Crippen molar-refractivity contribution in [3.8, 4) is 5.75 Å². The molecule has 0 fully saturated rings. The average Bonchev–Trinajstić information content (AvgIpc) is 3.14. The maximum absolute atomic E-state index is 12.6. The molecule has 152 valence electrons. The minimum atomic E-state index is -4.62. The summed E-state index contributed by atoms with van der Waals surface area (Å²) in [6.45, 7) is 2.29. The molecule has 1 aromatic carbocycles. The van der Waals surface area contributed by atoms with Gasteiger partial charge in [-0.05, 0) is 31.2 Å². The maximum Gasteiger partial charge on any atom is 0.445 e. The molecule has 8 nitrogen and oxygen atoms in total. The molecular weight excluding hydrogens is 409 g/mol. The number of carbonyl (C=O) groups excluding carboxylic acids is 1. The van der Waals surface area contributed by atoms with Crippen LogP contribution in [0.4, 0.5) is 40.2 Å². The molecule has 0 aliphatic heterocycles. The van der Waals surface area contributed by atoms with Crippen LogP contribution >= 0.6 is 11.3 Å². The fourth-order valence-electron chi connectivity index (χ4n) is 2.22. The van der Waals surface area contributed by atoms with E-state index in [9.17, 15) is 18.0 Å². The van der Waals surface area contributed by atoms with Crippen LogP contribution in [0.15, 0.2) is 42.7 Å². The van der Waals surface area contributed by atoms with Crippen molar-refractivity contribution in [2.75, 3.05) is 22.6 Å². The summed E-state index contributed by atoms with van der Waals surface area (Å²) in [7, 11) is 0. The molecule has 2 aromatic heterocycles. The zero-order chi connectivity index (χ0) is 20.9. The van der Waals surface area contributed by atoms with E-state index in [0.717, 1.165) is 0 Å². The zero-order valence-electron chi connectivity index (χ0n) is 14.9. The molecule has 0 aliphatic rings. The Morgan fingerprint density at radius 3 is 2.66 bits per heavy atom. The molecule has 2 heterocycles. The maximum atomic E-state index is 12.6. The van der Waals surface area contributed by atoms with E-state index in [1.165, 1.54) is 0 Å². The molecule has 12 heteroatoms. The number of benzene rings is 1. The lowest BCUT2D eigenvalue weighted by Crippen LogP contribution is -2.20.